The summed E-state index contributed by atoms with van der Waals surface area (Å²) >= 11 is 0. The molecule has 0 aliphatic carbocycles. The number of hydrogen-bond acceptors (Lipinski definition) is 1. The van der Waals surface area contributed by atoms with Crippen molar-refractivity contribution in [2.75, 3.05) is 0 Å². The Morgan fingerprint density at radius 3 is 2.60 bits per heavy atom. The van der Waals surface area contributed by atoms with Crippen molar-refractivity contribution in [1.29, 1.82) is 0 Å². The van der Waals surface area contributed by atoms with Crippen LogP contribution in [0.15, 0.2) is 36.7 Å². The van der Waals surface area contributed by atoms with Gasteiger partial charge in [0.05, 0.1) is 0 Å². The molecule has 0 atom stereocenters. The van der Waals surface area contributed by atoms with Crippen molar-refractivity contribution >= 4 is 0 Å². The Morgan fingerprint density at radius 1 is 1.20 bits per heavy atom. The first-order valence-corrected chi connectivity index (χ1v) is 5.29. The molecule has 0 N–H and O–H groups in total. The molecule has 0 fully saturated rings. The van der Waals surface area contributed by atoms with Crippen LogP contribution in [-0.2, 0) is 0 Å². The standard InChI is InChI=1S/C13H16N2/c1-10(2)13-14-8-9-15(13)12-7-5-4-6-11(12)3/h4-10H,1-3H3. The maximum absolute atomic E-state index is 4.40. The van der Waals surface area contributed by atoms with Gasteiger partial charge in [0, 0.05) is 24.0 Å². The molecule has 0 unspecified atom stereocenters. The number of aryl methyl sites for hydroxylation is 1. The summed E-state index contributed by atoms with van der Waals surface area (Å²) < 4.78 is 2.17. The van der Waals surface area contributed by atoms with Gasteiger partial charge in [0.1, 0.15) is 5.82 Å². The number of aromatic nitrogens is 2. The molecule has 1 aromatic heterocycles. The van der Waals surface area contributed by atoms with Crippen LogP contribution in [0.3, 0.4) is 0 Å². The average molecular weight is 200 g/mol. The molecule has 0 aliphatic rings. The first kappa shape index (κ1) is 9.97. The Hall–Kier alpha value is -1.57. The Balaban J connectivity index is 2.55. The molecule has 15 heavy (non-hydrogen) atoms. The lowest BCUT2D eigenvalue weighted by molar-refractivity contribution is 0.750. The van der Waals surface area contributed by atoms with Crippen LogP contribution in [0, 0.1) is 6.92 Å². The summed E-state index contributed by atoms with van der Waals surface area (Å²) in [7, 11) is 0. The largest absolute Gasteiger partial charge is 0.303 e. The van der Waals surface area contributed by atoms with Crippen molar-refractivity contribution in [3.63, 3.8) is 0 Å². The topological polar surface area (TPSA) is 17.8 Å². The molecule has 0 amide bonds. The third-order valence-electron chi connectivity index (χ3n) is 2.56. The molecule has 2 nitrogen and oxygen atoms in total. The lowest BCUT2D eigenvalue weighted by Crippen LogP contribution is -2.03. The number of rotatable bonds is 2. The number of imidazole rings is 1. The second-order valence-corrected chi connectivity index (χ2v) is 4.10. The maximum Gasteiger partial charge on any atom is 0.115 e. The van der Waals surface area contributed by atoms with E-state index in [-0.39, 0.29) is 0 Å². The molecule has 0 radical (unpaired) electrons. The lowest BCUT2D eigenvalue weighted by Gasteiger charge is -2.12. The molecule has 78 valence electrons. The fourth-order valence-corrected chi connectivity index (χ4v) is 1.78. The van der Waals surface area contributed by atoms with Gasteiger partial charge in [-0.05, 0) is 18.6 Å². The highest BCUT2D eigenvalue weighted by molar-refractivity contribution is 5.41. The zero-order valence-corrected chi connectivity index (χ0v) is 9.44. The fraction of sp³-hybridized carbons (Fsp3) is 0.308. The summed E-state index contributed by atoms with van der Waals surface area (Å²) in [6.07, 6.45) is 3.89. The van der Waals surface area contributed by atoms with Crippen molar-refractivity contribution in [3.05, 3.63) is 48.0 Å². The van der Waals surface area contributed by atoms with E-state index in [9.17, 15) is 0 Å². The van der Waals surface area contributed by atoms with E-state index >= 15 is 0 Å². The molecule has 0 spiro atoms. The molecule has 1 aromatic carbocycles. The van der Waals surface area contributed by atoms with Gasteiger partial charge in [0.25, 0.3) is 0 Å². The first-order valence-electron chi connectivity index (χ1n) is 5.29. The number of para-hydroxylation sites is 1. The molecule has 2 heteroatoms. The number of benzene rings is 1. The van der Waals surface area contributed by atoms with E-state index < -0.39 is 0 Å². The van der Waals surface area contributed by atoms with Gasteiger partial charge in [-0.2, -0.15) is 0 Å². The monoisotopic (exact) mass is 200 g/mol. The van der Waals surface area contributed by atoms with Crippen molar-refractivity contribution < 1.29 is 0 Å². The molecular formula is C13H16N2. The quantitative estimate of drug-likeness (QED) is 0.727. The van der Waals surface area contributed by atoms with Gasteiger partial charge in [0.15, 0.2) is 0 Å². The van der Waals surface area contributed by atoms with Crippen LogP contribution in [0.5, 0.6) is 0 Å². The summed E-state index contributed by atoms with van der Waals surface area (Å²) in [6, 6.07) is 8.37. The van der Waals surface area contributed by atoms with Crippen LogP contribution in [0.25, 0.3) is 5.69 Å². The third-order valence-corrected chi connectivity index (χ3v) is 2.56. The van der Waals surface area contributed by atoms with Crippen LogP contribution in [0.1, 0.15) is 31.2 Å². The number of hydrogen-bond donors (Lipinski definition) is 0. The van der Waals surface area contributed by atoms with E-state index in [2.05, 4.69) is 54.6 Å². The molecule has 0 saturated carbocycles. The van der Waals surface area contributed by atoms with Gasteiger partial charge >= 0.3 is 0 Å². The van der Waals surface area contributed by atoms with Crippen molar-refractivity contribution in [2.24, 2.45) is 0 Å². The highest BCUT2D eigenvalue weighted by Gasteiger charge is 2.09. The van der Waals surface area contributed by atoms with Crippen molar-refractivity contribution in [2.45, 2.75) is 26.7 Å². The molecule has 1 heterocycles. The second-order valence-electron chi connectivity index (χ2n) is 4.10. The van der Waals surface area contributed by atoms with Gasteiger partial charge in [-0.15, -0.1) is 0 Å². The smallest absolute Gasteiger partial charge is 0.115 e. The first-order chi connectivity index (χ1) is 7.20. The zero-order valence-electron chi connectivity index (χ0n) is 9.44. The summed E-state index contributed by atoms with van der Waals surface area (Å²) in [5, 5.41) is 0. The van der Waals surface area contributed by atoms with Gasteiger partial charge in [0.2, 0.25) is 0 Å². The fourth-order valence-electron chi connectivity index (χ4n) is 1.78. The summed E-state index contributed by atoms with van der Waals surface area (Å²) in [4.78, 5) is 4.40. The van der Waals surface area contributed by atoms with E-state index in [0.717, 1.165) is 5.82 Å². The van der Waals surface area contributed by atoms with E-state index in [0.29, 0.717) is 5.92 Å². The van der Waals surface area contributed by atoms with E-state index in [1.54, 1.807) is 0 Å². The van der Waals surface area contributed by atoms with Gasteiger partial charge in [-0.3, -0.25) is 0 Å². The second kappa shape index (κ2) is 3.89. The van der Waals surface area contributed by atoms with Crippen LogP contribution >= 0.6 is 0 Å². The van der Waals surface area contributed by atoms with Crippen LogP contribution in [0.2, 0.25) is 0 Å². The Kier molecular flexibility index (Phi) is 2.58. The van der Waals surface area contributed by atoms with Crippen LogP contribution < -0.4 is 0 Å². The molecule has 0 saturated heterocycles. The zero-order chi connectivity index (χ0) is 10.8. The van der Waals surface area contributed by atoms with E-state index in [4.69, 9.17) is 0 Å². The predicted octanol–water partition coefficient (Wildman–Crippen LogP) is 3.30. The van der Waals surface area contributed by atoms with Crippen LogP contribution in [-0.4, -0.2) is 9.55 Å². The third kappa shape index (κ3) is 1.80. The minimum Gasteiger partial charge on any atom is -0.303 e. The Bertz CT molecular complexity index is 455. The molecule has 2 aromatic rings. The molecule has 0 aliphatic heterocycles. The normalized spacial score (nSPS) is 10.9. The van der Waals surface area contributed by atoms with Gasteiger partial charge in [-0.1, -0.05) is 32.0 Å². The summed E-state index contributed by atoms with van der Waals surface area (Å²) in [5.74, 6) is 1.56. The van der Waals surface area contributed by atoms with Gasteiger partial charge < -0.3 is 4.57 Å². The summed E-state index contributed by atoms with van der Waals surface area (Å²) in [5.41, 5.74) is 2.50. The maximum atomic E-state index is 4.40. The van der Waals surface area contributed by atoms with Crippen molar-refractivity contribution in [3.8, 4) is 5.69 Å². The number of nitrogens with zero attached hydrogens (tertiary/aromatic N) is 2. The Labute approximate surface area is 90.6 Å². The molecule has 0 bridgehead atoms. The molecular weight excluding hydrogens is 184 g/mol. The SMILES string of the molecule is Cc1ccccc1-n1ccnc1C(C)C. The predicted molar refractivity (Wildman–Crippen MR) is 62.4 cm³/mol. The van der Waals surface area contributed by atoms with E-state index in [1.165, 1.54) is 11.3 Å². The molecule has 2 rings (SSSR count). The average Bonchev–Trinajstić information content (AvgIpc) is 2.67. The highest BCUT2D eigenvalue weighted by atomic mass is 15.1. The van der Waals surface area contributed by atoms with Crippen molar-refractivity contribution in [1.82, 2.24) is 9.55 Å². The lowest BCUT2D eigenvalue weighted by atomic mass is 10.1. The van der Waals surface area contributed by atoms with E-state index in [1.807, 2.05) is 12.4 Å². The van der Waals surface area contributed by atoms with Crippen LogP contribution in [0.4, 0.5) is 0 Å². The highest BCUT2D eigenvalue weighted by Crippen LogP contribution is 2.19. The Morgan fingerprint density at radius 2 is 1.93 bits per heavy atom. The minimum absolute atomic E-state index is 0.444. The van der Waals surface area contributed by atoms with Gasteiger partial charge in [-0.25, -0.2) is 4.98 Å². The summed E-state index contributed by atoms with van der Waals surface area (Å²) in [6.45, 7) is 6.45. The minimum atomic E-state index is 0.444.